The number of fused-ring (bicyclic) bond motifs is 1. The number of benzene rings is 2. The van der Waals surface area contributed by atoms with Crippen molar-refractivity contribution in [3.63, 3.8) is 0 Å². The monoisotopic (exact) mass is 289 g/mol. The summed E-state index contributed by atoms with van der Waals surface area (Å²) in [6.45, 7) is 0.978. The molecule has 0 aliphatic carbocycles. The molecule has 0 spiro atoms. The molecule has 1 heterocycles. The molecule has 2 N–H and O–H groups in total. The van der Waals surface area contributed by atoms with Gasteiger partial charge in [-0.2, -0.15) is 0 Å². The Morgan fingerprint density at radius 2 is 1.95 bits per heavy atom. The standard InChI is InChI=1S/C16H16FNO3/c1-19-13-6-5-10(17)9-12(13)15(18)11-3-2-4-14-16(11)21-8-7-20-14/h2-6,9,15H,7-8,18H2,1H3. The molecule has 0 aromatic heterocycles. The van der Waals surface area contributed by atoms with Gasteiger partial charge in [-0.3, -0.25) is 0 Å². The maximum atomic E-state index is 13.5. The van der Waals surface area contributed by atoms with Crippen LogP contribution >= 0.6 is 0 Å². The van der Waals surface area contributed by atoms with Crippen LogP contribution in [0.4, 0.5) is 4.39 Å². The van der Waals surface area contributed by atoms with Crippen LogP contribution in [0.2, 0.25) is 0 Å². The highest BCUT2D eigenvalue weighted by molar-refractivity contribution is 5.53. The minimum Gasteiger partial charge on any atom is -0.496 e. The maximum absolute atomic E-state index is 13.5. The Morgan fingerprint density at radius 3 is 2.76 bits per heavy atom. The van der Waals surface area contributed by atoms with E-state index in [1.54, 1.807) is 6.07 Å². The molecule has 1 atom stereocenters. The topological polar surface area (TPSA) is 53.7 Å². The van der Waals surface area contributed by atoms with Crippen LogP contribution in [-0.4, -0.2) is 20.3 Å². The number of methoxy groups -OCH3 is 1. The van der Waals surface area contributed by atoms with Crippen molar-refractivity contribution < 1.29 is 18.6 Å². The quantitative estimate of drug-likeness (QED) is 0.944. The summed E-state index contributed by atoms with van der Waals surface area (Å²) in [5.74, 6) is 1.45. The van der Waals surface area contributed by atoms with Gasteiger partial charge in [-0.15, -0.1) is 0 Å². The molecule has 4 nitrogen and oxygen atoms in total. The number of halogens is 1. The molecule has 0 amide bonds. The third-order valence-corrected chi connectivity index (χ3v) is 3.46. The summed E-state index contributed by atoms with van der Waals surface area (Å²) in [4.78, 5) is 0. The highest BCUT2D eigenvalue weighted by atomic mass is 19.1. The van der Waals surface area contributed by atoms with Crippen LogP contribution < -0.4 is 19.9 Å². The lowest BCUT2D eigenvalue weighted by Gasteiger charge is -2.24. The van der Waals surface area contributed by atoms with E-state index < -0.39 is 6.04 Å². The summed E-state index contributed by atoms with van der Waals surface area (Å²) in [7, 11) is 1.53. The Kier molecular flexibility index (Phi) is 3.66. The zero-order valence-electron chi connectivity index (χ0n) is 11.6. The van der Waals surface area contributed by atoms with Gasteiger partial charge in [0.2, 0.25) is 0 Å². The summed E-state index contributed by atoms with van der Waals surface area (Å²) >= 11 is 0. The minimum absolute atomic E-state index is 0.358. The second kappa shape index (κ2) is 5.61. The Balaban J connectivity index is 2.07. The van der Waals surface area contributed by atoms with E-state index in [1.165, 1.54) is 19.2 Å². The number of hydrogen-bond donors (Lipinski definition) is 1. The Labute approximate surface area is 122 Å². The molecule has 5 heteroatoms. The van der Waals surface area contributed by atoms with Crippen molar-refractivity contribution in [2.24, 2.45) is 5.73 Å². The predicted molar refractivity (Wildman–Crippen MR) is 76.4 cm³/mol. The van der Waals surface area contributed by atoms with Gasteiger partial charge in [-0.1, -0.05) is 12.1 Å². The predicted octanol–water partition coefficient (Wildman–Crippen LogP) is 2.65. The van der Waals surface area contributed by atoms with Gasteiger partial charge in [0.1, 0.15) is 24.8 Å². The molecule has 21 heavy (non-hydrogen) atoms. The van der Waals surface area contributed by atoms with Crippen LogP contribution in [0.5, 0.6) is 17.2 Å². The van der Waals surface area contributed by atoms with Crippen LogP contribution in [0.3, 0.4) is 0 Å². The Bertz CT molecular complexity index is 660. The molecule has 1 aliphatic heterocycles. The van der Waals surface area contributed by atoms with E-state index in [0.717, 1.165) is 5.56 Å². The molecule has 1 aliphatic rings. The van der Waals surface area contributed by atoms with Crippen LogP contribution in [0.15, 0.2) is 36.4 Å². The van der Waals surface area contributed by atoms with Gasteiger partial charge in [-0.05, 0) is 24.3 Å². The zero-order chi connectivity index (χ0) is 14.8. The second-order valence-corrected chi connectivity index (χ2v) is 4.74. The largest absolute Gasteiger partial charge is 0.496 e. The van der Waals surface area contributed by atoms with E-state index in [0.29, 0.717) is 36.0 Å². The molecule has 0 fully saturated rings. The van der Waals surface area contributed by atoms with Crippen molar-refractivity contribution in [2.45, 2.75) is 6.04 Å². The molecule has 0 saturated carbocycles. The fourth-order valence-electron chi connectivity index (χ4n) is 2.46. The molecule has 1 unspecified atom stereocenters. The summed E-state index contributed by atoms with van der Waals surface area (Å²) in [6.07, 6.45) is 0. The van der Waals surface area contributed by atoms with Gasteiger partial charge in [0.05, 0.1) is 13.2 Å². The van der Waals surface area contributed by atoms with Crippen LogP contribution in [-0.2, 0) is 0 Å². The molecule has 2 aromatic carbocycles. The normalized spacial score (nSPS) is 14.6. The molecule has 110 valence electrons. The van der Waals surface area contributed by atoms with Crippen molar-refractivity contribution >= 4 is 0 Å². The lowest BCUT2D eigenvalue weighted by molar-refractivity contribution is 0.169. The first-order chi connectivity index (χ1) is 10.2. The summed E-state index contributed by atoms with van der Waals surface area (Å²) in [5, 5.41) is 0. The third kappa shape index (κ3) is 2.52. The number of nitrogens with two attached hydrogens (primary N) is 1. The average molecular weight is 289 g/mol. The summed E-state index contributed by atoms with van der Waals surface area (Å²) in [5.41, 5.74) is 7.62. The first-order valence-corrected chi connectivity index (χ1v) is 6.68. The second-order valence-electron chi connectivity index (χ2n) is 4.74. The van der Waals surface area contributed by atoms with Gasteiger partial charge in [0.15, 0.2) is 11.5 Å². The van der Waals surface area contributed by atoms with Gasteiger partial charge < -0.3 is 19.9 Å². The molecule has 0 saturated heterocycles. The fraction of sp³-hybridized carbons (Fsp3) is 0.250. The first kappa shape index (κ1) is 13.7. The Hall–Kier alpha value is -2.27. The highest BCUT2D eigenvalue weighted by Gasteiger charge is 2.23. The number of ether oxygens (including phenoxy) is 3. The Morgan fingerprint density at radius 1 is 1.14 bits per heavy atom. The van der Waals surface area contributed by atoms with Gasteiger partial charge in [-0.25, -0.2) is 4.39 Å². The van der Waals surface area contributed by atoms with Crippen LogP contribution in [0.1, 0.15) is 17.2 Å². The third-order valence-electron chi connectivity index (χ3n) is 3.46. The fourth-order valence-corrected chi connectivity index (χ4v) is 2.46. The van der Waals surface area contributed by atoms with Crippen molar-refractivity contribution in [1.29, 1.82) is 0 Å². The average Bonchev–Trinajstić information content (AvgIpc) is 2.53. The molecular weight excluding hydrogens is 273 g/mol. The van der Waals surface area contributed by atoms with Crippen molar-refractivity contribution in [3.05, 3.63) is 53.3 Å². The number of hydrogen-bond acceptors (Lipinski definition) is 4. The van der Waals surface area contributed by atoms with Gasteiger partial charge in [0, 0.05) is 11.1 Å². The van der Waals surface area contributed by atoms with Gasteiger partial charge >= 0.3 is 0 Å². The zero-order valence-corrected chi connectivity index (χ0v) is 11.6. The molecular formula is C16H16FNO3. The van der Waals surface area contributed by atoms with Crippen molar-refractivity contribution in [1.82, 2.24) is 0 Å². The van der Waals surface area contributed by atoms with Crippen molar-refractivity contribution in [2.75, 3.05) is 20.3 Å². The van der Waals surface area contributed by atoms with Gasteiger partial charge in [0.25, 0.3) is 0 Å². The maximum Gasteiger partial charge on any atom is 0.166 e. The van der Waals surface area contributed by atoms with E-state index in [4.69, 9.17) is 19.9 Å². The lowest BCUT2D eigenvalue weighted by atomic mass is 9.97. The molecule has 2 aromatic rings. The van der Waals surface area contributed by atoms with Crippen LogP contribution in [0.25, 0.3) is 0 Å². The lowest BCUT2D eigenvalue weighted by Crippen LogP contribution is -2.20. The molecule has 3 rings (SSSR count). The SMILES string of the molecule is COc1ccc(F)cc1C(N)c1cccc2c1OCCO2. The minimum atomic E-state index is -0.563. The number of rotatable bonds is 3. The number of para-hydroxylation sites is 1. The highest BCUT2D eigenvalue weighted by Crippen LogP contribution is 2.40. The molecule has 0 bridgehead atoms. The van der Waals surface area contributed by atoms with E-state index in [-0.39, 0.29) is 5.82 Å². The smallest absolute Gasteiger partial charge is 0.166 e. The summed E-state index contributed by atoms with van der Waals surface area (Å²) in [6, 6.07) is 9.25. The van der Waals surface area contributed by atoms with Crippen LogP contribution in [0, 0.1) is 5.82 Å². The van der Waals surface area contributed by atoms with Crippen molar-refractivity contribution in [3.8, 4) is 17.2 Å². The van der Waals surface area contributed by atoms with E-state index in [2.05, 4.69) is 0 Å². The van der Waals surface area contributed by atoms with E-state index >= 15 is 0 Å². The first-order valence-electron chi connectivity index (χ1n) is 6.68. The summed E-state index contributed by atoms with van der Waals surface area (Å²) < 4.78 is 30.0. The van der Waals surface area contributed by atoms with E-state index in [1.807, 2.05) is 18.2 Å². The van der Waals surface area contributed by atoms with E-state index in [9.17, 15) is 4.39 Å². The molecule has 0 radical (unpaired) electrons.